The molecule has 234 valence electrons. The number of thioether (sulfide) groups is 2. The summed E-state index contributed by atoms with van der Waals surface area (Å²) < 4.78 is 80.2. The molecule has 0 aliphatic rings. The van der Waals surface area contributed by atoms with Gasteiger partial charge in [0.05, 0.1) is 33.8 Å². The summed E-state index contributed by atoms with van der Waals surface area (Å²) in [5.41, 5.74) is -1.39. The number of pyridine rings is 2. The van der Waals surface area contributed by atoms with E-state index >= 15 is 0 Å². The summed E-state index contributed by atoms with van der Waals surface area (Å²) in [4.78, 5) is 33.6. The number of aromatic nitrogens is 2. The van der Waals surface area contributed by atoms with Crippen LogP contribution in [0.4, 0.5) is 26.3 Å². The molecule has 0 radical (unpaired) electrons. The monoisotopic (exact) mass is 670 g/mol. The van der Waals surface area contributed by atoms with Crippen molar-refractivity contribution in [2.24, 2.45) is 0 Å². The van der Waals surface area contributed by atoms with Crippen molar-refractivity contribution >= 4 is 35.1 Å². The fourth-order valence-corrected chi connectivity index (χ4v) is 6.18. The maximum absolute atomic E-state index is 13.4. The van der Waals surface area contributed by atoms with Crippen molar-refractivity contribution in [3.8, 4) is 23.3 Å². The van der Waals surface area contributed by atoms with Crippen LogP contribution in [0.25, 0.3) is 11.1 Å². The zero-order valence-corrected chi connectivity index (χ0v) is 25.5. The molecule has 0 atom stereocenters. The van der Waals surface area contributed by atoms with Crippen LogP contribution in [0.15, 0.2) is 70.7 Å². The smallest absolute Gasteiger partial charge is 0.293 e. The Hall–Kier alpha value is -4.66. The SMILES string of the molecule is Cc1cc(C(F)(F)F)c(C#N)c(SCC(=O)c2ccc(-c3ccc(C(=O)CSc4nc(C)cc(C(F)(F)F)c4C#N)cc3)cc2)n1. The van der Waals surface area contributed by atoms with Crippen LogP contribution in [-0.2, 0) is 12.4 Å². The van der Waals surface area contributed by atoms with Crippen LogP contribution in [0.3, 0.4) is 0 Å². The van der Waals surface area contributed by atoms with E-state index in [4.69, 9.17) is 0 Å². The van der Waals surface area contributed by atoms with Crippen molar-refractivity contribution in [3.05, 3.63) is 105 Å². The third-order valence-electron chi connectivity index (χ3n) is 6.49. The summed E-state index contributed by atoms with van der Waals surface area (Å²) in [7, 11) is 0. The van der Waals surface area contributed by atoms with Gasteiger partial charge in [0, 0.05) is 22.5 Å². The van der Waals surface area contributed by atoms with E-state index in [0.29, 0.717) is 11.1 Å². The first-order valence-electron chi connectivity index (χ1n) is 13.1. The van der Waals surface area contributed by atoms with Gasteiger partial charge in [-0.05, 0) is 37.1 Å². The first kappa shape index (κ1) is 34.2. The zero-order chi connectivity index (χ0) is 33.8. The number of ketones is 2. The van der Waals surface area contributed by atoms with Crippen LogP contribution in [0.2, 0.25) is 0 Å². The Morgan fingerprint density at radius 1 is 0.652 bits per heavy atom. The third kappa shape index (κ3) is 7.94. The highest BCUT2D eigenvalue weighted by molar-refractivity contribution is 8.00. The summed E-state index contributed by atoms with van der Waals surface area (Å²) >= 11 is 1.49. The number of carbonyl (C=O) groups is 2. The van der Waals surface area contributed by atoms with Crippen molar-refractivity contribution in [2.45, 2.75) is 36.3 Å². The Labute approximate surface area is 267 Å². The van der Waals surface area contributed by atoms with Gasteiger partial charge in [-0.2, -0.15) is 36.9 Å². The van der Waals surface area contributed by atoms with Crippen LogP contribution in [-0.4, -0.2) is 33.0 Å². The minimum atomic E-state index is -4.75. The van der Waals surface area contributed by atoms with Gasteiger partial charge in [0.15, 0.2) is 11.6 Å². The van der Waals surface area contributed by atoms with E-state index in [-0.39, 0.29) is 55.6 Å². The van der Waals surface area contributed by atoms with Gasteiger partial charge in [0.25, 0.3) is 0 Å². The van der Waals surface area contributed by atoms with E-state index in [1.807, 2.05) is 0 Å². The first-order chi connectivity index (χ1) is 21.6. The molecule has 0 aliphatic carbocycles. The van der Waals surface area contributed by atoms with Crippen molar-refractivity contribution < 1.29 is 35.9 Å². The molecule has 4 rings (SSSR count). The topological polar surface area (TPSA) is 107 Å². The largest absolute Gasteiger partial charge is 0.417 e. The molecule has 2 aromatic carbocycles. The lowest BCUT2D eigenvalue weighted by Gasteiger charge is -2.12. The van der Waals surface area contributed by atoms with E-state index in [9.17, 15) is 46.5 Å². The highest BCUT2D eigenvalue weighted by atomic mass is 32.2. The molecule has 4 aromatic rings. The van der Waals surface area contributed by atoms with Gasteiger partial charge in [-0.3, -0.25) is 9.59 Å². The fourth-order valence-electron chi connectivity index (χ4n) is 4.29. The summed E-state index contributed by atoms with van der Waals surface area (Å²) in [5.74, 6) is -1.27. The second-order valence-electron chi connectivity index (χ2n) is 9.78. The highest BCUT2D eigenvalue weighted by Gasteiger charge is 2.36. The van der Waals surface area contributed by atoms with E-state index in [1.165, 1.54) is 26.0 Å². The van der Waals surface area contributed by atoms with E-state index in [0.717, 1.165) is 35.7 Å². The van der Waals surface area contributed by atoms with E-state index in [2.05, 4.69) is 9.97 Å². The number of benzene rings is 2. The Balaban J connectivity index is 1.41. The molecule has 0 saturated heterocycles. The van der Waals surface area contributed by atoms with Crippen molar-refractivity contribution in [1.82, 2.24) is 9.97 Å². The molecule has 2 aromatic heterocycles. The highest BCUT2D eigenvalue weighted by Crippen LogP contribution is 2.37. The second-order valence-corrected chi connectivity index (χ2v) is 11.7. The van der Waals surface area contributed by atoms with Gasteiger partial charge in [-0.1, -0.05) is 72.1 Å². The van der Waals surface area contributed by atoms with Crippen molar-refractivity contribution in [2.75, 3.05) is 11.5 Å². The van der Waals surface area contributed by atoms with Gasteiger partial charge in [-0.25, -0.2) is 9.97 Å². The van der Waals surface area contributed by atoms with Gasteiger partial charge in [0.1, 0.15) is 22.2 Å². The second kappa shape index (κ2) is 13.8. The molecule has 2 heterocycles. The lowest BCUT2D eigenvalue weighted by atomic mass is 10.0. The number of hydrogen-bond donors (Lipinski definition) is 0. The predicted octanol–water partition coefficient (Wildman–Crippen LogP) is 8.49. The Morgan fingerprint density at radius 3 is 1.26 bits per heavy atom. The Bertz CT molecular complexity index is 1750. The molecule has 14 heteroatoms. The van der Waals surface area contributed by atoms with Gasteiger partial charge < -0.3 is 0 Å². The van der Waals surface area contributed by atoms with Crippen LogP contribution in [0.1, 0.15) is 54.4 Å². The molecule has 0 bridgehead atoms. The minimum Gasteiger partial charge on any atom is -0.293 e. The standard InChI is InChI=1S/C32H20F6N4O2S2/c1-17-11-25(31(33,34)35)23(13-39)29(41-17)45-15-27(43)21-7-3-19(4-8-21)20-5-9-22(10-6-20)28(44)16-46-30-24(14-40)26(32(36,37)38)12-18(2)42-30/h3-12H,15-16H2,1-2H3. The maximum Gasteiger partial charge on any atom is 0.417 e. The molecule has 0 unspecified atom stereocenters. The first-order valence-corrected chi connectivity index (χ1v) is 15.1. The van der Waals surface area contributed by atoms with Gasteiger partial charge >= 0.3 is 12.4 Å². The summed E-state index contributed by atoms with van der Waals surface area (Å²) in [6.07, 6.45) is -9.49. The molecule has 0 saturated carbocycles. The molecule has 0 N–H and O–H groups in total. The van der Waals surface area contributed by atoms with Crippen LogP contribution < -0.4 is 0 Å². The van der Waals surface area contributed by atoms with Crippen molar-refractivity contribution in [3.63, 3.8) is 0 Å². The van der Waals surface area contributed by atoms with Crippen LogP contribution in [0, 0.1) is 36.5 Å². The van der Waals surface area contributed by atoms with Crippen LogP contribution >= 0.6 is 23.5 Å². The number of hydrogen-bond acceptors (Lipinski definition) is 8. The normalized spacial score (nSPS) is 11.5. The molecule has 0 aliphatic heterocycles. The molecule has 0 spiro atoms. The summed E-state index contributed by atoms with van der Waals surface area (Å²) in [6.45, 7) is 2.74. The molecule has 0 fully saturated rings. The minimum absolute atomic E-state index is 0.0630. The summed E-state index contributed by atoms with van der Waals surface area (Å²) in [6, 6.07) is 17.4. The number of rotatable bonds is 9. The van der Waals surface area contributed by atoms with E-state index < -0.39 is 34.6 Å². The number of nitriles is 2. The number of halogens is 6. The van der Waals surface area contributed by atoms with Crippen molar-refractivity contribution in [1.29, 1.82) is 10.5 Å². The number of alkyl halides is 6. The fraction of sp³-hybridized carbons (Fsp3) is 0.188. The van der Waals surface area contributed by atoms with Gasteiger partial charge in [-0.15, -0.1) is 0 Å². The number of nitrogens with zero attached hydrogens (tertiary/aromatic N) is 4. The number of Topliss-reactive ketones (excluding diaryl/α,β-unsaturated/α-hetero) is 2. The lowest BCUT2D eigenvalue weighted by molar-refractivity contribution is -0.138. The zero-order valence-electron chi connectivity index (χ0n) is 23.9. The number of carbonyl (C=O) groups excluding carboxylic acids is 2. The molecule has 6 nitrogen and oxygen atoms in total. The van der Waals surface area contributed by atoms with Gasteiger partial charge in [0.2, 0.25) is 0 Å². The number of aryl methyl sites for hydroxylation is 2. The molecule has 0 amide bonds. The quantitative estimate of drug-likeness (QED) is 0.0992. The Morgan fingerprint density at radius 2 is 0.978 bits per heavy atom. The molecular formula is C32H20F6N4O2S2. The predicted molar refractivity (Wildman–Crippen MR) is 159 cm³/mol. The van der Waals surface area contributed by atoms with E-state index in [1.54, 1.807) is 48.5 Å². The lowest BCUT2D eigenvalue weighted by Crippen LogP contribution is -2.11. The maximum atomic E-state index is 13.4. The molecule has 46 heavy (non-hydrogen) atoms. The molecular weight excluding hydrogens is 651 g/mol. The third-order valence-corrected chi connectivity index (χ3v) is 8.44. The van der Waals surface area contributed by atoms with Crippen LogP contribution in [0.5, 0.6) is 0 Å². The Kier molecular flexibility index (Phi) is 10.2. The average molecular weight is 671 g/mol. The summed E-state index contributed by atoms with van der Waals surface area (Å²) in [5, 5.41) is 18.2. The average Bonchev–Trinajstić information content (AvgIpc) is 3.01.